The van der Waals surface area contributed by atoms with Gasteiger partial charge < -0.3 is 5.73 Å². The van der Waals surface area contributed by atoms with Crippen molar-refractivity contribution in [2.24, 2.45) is 5.73 Å². The zero-order valence-electron chi connectivity index (χ0n) is 5.81. The SMILES string of the molecule is CCCC1(N)CC(=O)C1. The minimum absolute atomic E-state index is 0.105. The van der Waals surface area contributed by atoms with Gasteiger partial charge in [0, 0.05) is 18.4 Å². The molecule has 1 aliphatic carbocycles. The average molecular weight is 127 g/mol. The predicted octanol–water partition coefficient (Wildman–Crippen LogP) is 0.847. The van der Waals surface area contributed by atoms with E-state index in [1.807, 2.05) is 0 Å². The first-order valence-corrected chi connectivity index (χ1v) is 3.47. The van der Waals surface area contributed by atoms with E-state index in [1.54, 1.807) is 0 Å². The third-order valence-electron chi connectivity index (χ3n) is 1.85. The summed E-state index contributed by atoms with van der Waals surface area (Å²) in [6.45, 7) is 2.09. The van der Waals surface area contributed by atoms with Gasteiger partial charge in [0.1, 0.15) is 5.78 Å². The molecule has 0 bridgehead atoms. The van der Waals surface area contributed by atoms with Gasteiger partial charge >= 0.3 is 0 Å². The Kier molecular flexibility index (Phi) is 1.58. The van der Waals surface area contributed by atoms with Crippen LogP contribution in [0.5, 0.6) is 0 Å². The quantitative estimate of drug-likeness (QED) is 0.597. The lowest BCUT2D eigenvalue weighted by molar-refractivity contribution is -0.128. The van der Waals surface area contributed by atoms with Gasteiger partial charge in [-0.15, -0.1) is 0 Å². The maximum atomic E-state index is 10.5. The van der Waals surface area contributed by atoms with Crippen molar-refractivity contribution in [3.63, 3.8) is 0 Å². The summed E-state index contributed by atoms with van der Waals surface area (Å²) < 4.78 is 0. The van der Waals surface area contributed by atoms with Gasteiger partial charge in [-0.2, -0.15) is 0 Å². The Bertz CT molecular complexity index is 123. The number of carbonyl (C=O) groups excluding carboxylic acids is 1. The second-order valence-electron chi connectivity index (χ2n) is 3.00. The molecule has 0 atom stereocenters. The largest absolute Gasteiger partial charge is 0.324 e. The van der Waals surface area contributed by atoms with Crippen LogP contribution in [0.1, 0.15) is 32.6 Å². The van der Waals surface area contributed by atoms with E-state index in [4.69, 9.17) is 5.73 Å². The zero-order chi connectivity index (χ0) is 6.91. The molecule has 0 saturated heterocycles. The van der Waals surface area contributed by atoms with Crippen LogP contribution in [0.25, 0.3) is 0 Å². The monoisotopic (exact) mass is 127 g/mol. The lowest BCUT2D eigenvalue weighted by atomic mass is 9.74. The molecule has 1 saturated carbocycles. The van der Waals surface area contributed by atoms with E-state index >= 15 is 0 Å². The first kappa shape index (κ1) is 6.75. The third kappa shape index (κ3) is 1.30. The van der Waals surface area contributed by atoms with E-state index in [9.17, 15) is 4.79 Å². The van der Waals surface area contributed by atoms with Crippen LogP contribution in [0.3, 0.4) is 0 Å². The minimum Gasteiger partial charge on any atom is -0.324 e. The Morgan fingerprint density at radius 3 is 2.56 bits per heavy atom. The molecule has 2 heteroatoms. The lowest BCUT2D eigenvalue weighted by Gasteiger charge is -2.36. The van der Waals surface area contributed by atoms with Crippen LogP contribution < -0.4 is 5.73 Å². The number of hydrogen-bond donors (Lipinski definition) is 1. The molecule has 9 heavy (non-hydrogen) atoms. The van der Waals surface area contributed by atoms with Crippen molar-refractivity contribution in [1.29, 1.82) is 0 Å². The Morgan fingerprint density at radius 2 is 2.22 bits per heavy atom. The summed E-state index contributed by atoms with van der Waals surface area (Å²) in [5, 5.41) is 0. The van der Waals surface area contributed by atoms with Crippen molar-refractivity contribution in [2.75, 3.05) is 0 Å². The molecule has 2 nitrogen and oxygen atoms in total. The number of carbonyl (C=O) groups is 1. The highest BCUT2D eigenvalue weighted by molar-refractivity contribution is 5.87. The van der Waals surface area contributed by atoms with E-state index in [2.05, 4.69) is 6.92 Å². The summed E-state index contributed by atoms with van der Waals surface area (Å²) in [5.74, 6) is 0.325. The molecule has 0 amide bonds. The zero-order valence-corrected chi connectivity index (χ0v) is 5.81. The maximum Gasteiger partial charge on any atom is 0.136 e. The predicted molar refractivity (Wildman–Crippen MR) is 36.1 cm³/mol. The van der Waals surface area contributed by atoms with Crippen LogP contribution in [-0.2, 0) is 4.79 Å². The van der Waals surface area contributed by atoms with Gasteiger partial charge in [0.25, 0.3) is 0 Å². The summed E-state index contributed by atoms with van der Waals surface area (Å²) in [6, 6.07) is 0. The molecule has 0 aromatic rings. The molecule has 0 spiro atoms. The highest BCUT2D eigenvalue weighted by atomic mass is 16.1. The first-order chi connectivity index (χ1) is 4.16. The number of Topliss-reactive ketones (excluding diaryl/α,β-unsaturated/α-hetero) is 1. The Labute approximate surface area is 55.4 Å². The van der Waals surface area contributed by atoms with Crippen molar-refractivity contribution in [3.05, 3.63) is 0 Å². The molecule has 52 valence electrons. The molecule has 0 aromatic carbocycles. The number of rotatable bonds is 2. The highest BCUT2D eigenvalue weighted by Gasteiger charge is 2.38. The number of nitrogens with two attached hydrogens (primary N) is 1. The molecular weight excluding hydrogens is 114 g/mol. The van der Waals surface area contributed by atoms with E-state index in [0.717, 1.165) is 12.8 Å². The van der Waals surface area contributed by atoms with Crippen molar-refractivity contribution in [2.45, 2.75) is 38.1 Å². The second kappa shape index (κ2) is 2.10. The molecule has 1 rings (SSSR count). The van der Waals surface area contributed by atoms with Gasteiger partial charge in [0.2, 0.25) is 0 Å². The van der Waals surface area contributed by atoms with Gasteiger partial charge in [0.05, 0.1) is 0 Å². The highest BCUT2D eigenvalue weighted by Crippen LogP contribution is 2.29. The summed E-state index contributed by atoms with van der Waals surface area (Å²) in [6.07, 6.45) is 3.31. The molecule has 0 aromatic heterocycles. The van der Waals surface area contributed by atoms with Crippen LogP contribution in [-0.4, -0.2) is 11.3 Å². The molecule has 1 aliphatic rings. The molecule has 0 unspecified atom stereocenters. The van der Waals surface area contributed by atoms with Gasteiger partial charge in [-0.1, -0.05) is 13.3 Å². The van der Waals surface area contributed by atoms with Crippen LogP contribution in [0.4, 0.5) is 0 Å². The standard InChI is InChI=1S/C7H13NO/c1-2-3-7(8)4-6(9)5-7/h2-5,8H2,1H3. The normalized spacial score (nSPS) is 23.6. The van der Waals surface area contributed by atoms with E-state index in [1.165, 1.54) is 0 Å². The smallest absolute Gasteiger partial charge is 0.136 e. The maximum absolute atomic E-state index is 10.5. The minimum atomic E-state index is -0.105. The van der Waals surface area contributed by atoms with E-state index in [-0.39, 0.29) is 5.54 Å². The second-order valence-corrected chi connectivity index (χ2v) is 3.00. The fraction of sp³-hybridized carbons (Fsp3) is 0.857. The molecule has 0 radical (unpaired) electrons. The van der Waals surface area contributed by atoms with Crippen LogP contribution >= 0.6 is 0 Å². The van der Waals surface area contributed by atoms with Crippen LogP contribution in [0.15, 0.2) is 0 Å². The third-order valence-corrected chi connectivity index (χ3v) is 1.85. The van der Waals surface area contributed by atoms with Gasteiger partial charge in [-0.05, 0) is 6.42 Å². The van der Waals surface area contributed by atoms with Crippen LogP contribution in [0, 0.1) is 0 Å². The van der Waals surface area contributed by atoms with Crippen molar-refractivity contribution in [1.82, 2.24) is 0 Å². The van der Waals surface area contributed by atoms with Crippen molar-refractivity contribution in [3.8, 4) is 0 Å². The van der Waals surface area contributed by atoms with Crippen molar-refractivity contribution < 1.29 is 4.79 Å². The average Bonchev–Trinajstić information content (AvgIpc) is 1.62. The van der Waals surface area contributed by atoms with E-state index in [0.29, 0.717) is 18.6 Å². The van der Waals surface area contributed by atoms with Crippen molar-refractivity contribution >= 4 is 5.78 Å². The fourth-order valence-electron chi connectivity index (χ4n) is 1.41. The first-order valence-electron chi connectivity index (χ1n) is 3.47. The fourth-order valence-corrected chi connectivity index (χ4v) is 1.41. The summed E-state index contributed by atoms with van der Waals surface area (Å²) in [5.41, 5.74) is 5.68. The summed E-state index contributed by atoms with van der Waals surface area (Å²) in [7, 11) is 0. The van der Waals surface area contributed by atoms with E-state index < -0.39 is 0 Å². The number of hydrogen-bond acceptors (Lipinski definition) is 2. The molecule has 1 fully saturated rings. The Hall–Kier alpha value is -0.370. The Morgan fingerprint density at radius 1 is 1.67 bits per heavy atom. The molecular formula is C7H13NO. The Balaban J connectivity index is 2.31. The molecule has 2 N–H and O–H groups in total. The van der Waals surface area contributed by atoms with Gasteiger partial charge in [-0.3, -0.25) is 4.79 Å². The summed E-state index contributed by atoms with van der Waals surface area (Å²) in [4.78, 5) is 10.5. The summed E-state index contributed by atoms with van der Waals surface area (Å²) >= 11 is 0. The number of ketones is 1. The topological polar surface area (TPSA) is 43.1 Å². The van der Waals surface area contributed by atoms with Gasteiger partial charge in [-0.25, -0.2) is 0 Å². The molecule has 0 aliphatic heterocycles. The van der Waals surface area contributed by atoms with Gasteiger partial charge in [0.15, 0.2) is 0 Å². The molecule has 0 heterocycles. The lowest BCUT2D eigenvalue weighted by Crippen LogP contribution is -2.52. The van der Waals surface area contributed by atoms with Crippen LogP contribution in [0.2, 0.25) is 0 Å².